The van der Waals surface area contributed by atoms with E-state index in [1.807, 2.05) is 26.0 Å². The third kappa shape index (κ3) is 2.41. The number of aliphatic carboxylic acids is 1. The molecule has 2 rings (SSSR count). The van der Waals surface area contributed by atoms with Crippen LogP contribution in [0.15, 0.2) is 18.2 Å². The van der Waals surface area contributed by atoms with Crippen LogP contribution in [0.2, 0.25) is 0 Å². The van der Waals surface area contributed by atoms with Gasteiger partial charge in [-0.1, -0.05) is 19.9 Å². The molecule has 0 radical (unpaired) electrons. The molecule has 1 aromatic rings. The summed E-state index contributed by atoms with van der Waals surface area (Å²) in [6.45, 7) is 3.90. The number of carboxylic acids is 1. The van der Waals surface area contributed by atoms with Crippen LogP contribution in [0.4, 0.5) is 0 Å². The molecule has 98 valence electrons. The van der Waals surface area contributed by atoms with E-state index in [1.54, 1.807) is 6.07 Å². The summed E-state index contributed by atoms with van der Waals surface area (Å²) in [5.41, 5.74) is 6.48. The van der Waals surface area contributed by atoms with Crippen LogP contribution in [0.5, 0.6) is 11.5 Å². The van der Waals surface area contributed by atoms with Crippen LogP contribution < -0.4 is 15.2 Å². The number of carboxylic acid groups (broad SMARTS) is 1. The van der Waals surface area contributed by atoms with Crippen molar-refractivity contribution >= 4 is 5.97 Å². The topological polar surface area (TPSA) is 81.8 Å². The van der Waals surface area contributed by atoms with E-state index in [2.05, 4.69) is 0 Å². The molecule has 18 heavy (non-hydrogen) atoms. The quantitative estimate of drug-likeness (QED) is 0.854. The fourth-order valence-electron chi connectivity index (χ4n) is 2.06. The van der Waals surface area contributed by atoms with Gasteiger partial charge in [-0.05, 0) is 23.1 Å². The smallest absolute Gasteiger partial charge is 0.303 e. The number of hydrogen-bond donors (Lipinski definition) is 2. The molecule has 0 fully saturated rings. The van der Waals surface area contributed by atoms with Crippen molar-refractivity contribution in [2.24, 2.45) is 11.1 Å². The lowest BCUT2D eigenvalue weighted by Gasteiger charge is -2.30. The van der Waals surface area contributed by atoms with Gasteiger partial charge in [0.25, 0.3) is 0 Å². The second-order valence-corrected chi connectivity index (χ2v) is 5.15. The molecule has 1 heterocycles. The molecule has 0 spiro atoms. The molecule has 1 aliphatic heterocycles. The average molecular weight is 251 g/mol. The standard InChI is InChI=1S/C13H17NO4/c1-13(2,6-11(15)16)12(14)8-3-4-9-10(5-8)18-7-17-9/h3-5,12H,6-7,14H2,1-2H3,(H,15,16). The highest BCUT2D eigenvalue weighted by Gasteiger charge is 2.31. The molecular weight excluding hydrogens is 234 g/mol. The van der Waals surface area contributed by atoms with E-state index in [0.29, 0.717) is 11.5 Å². The van der Waals surface area contributed by atoms with Crippen molar-refractivity contribution in [3.05, 3.63) is 23.8 Å². The maximum atomic E-state index is 10.8. The van der Waals surface area contributed by atoms with Gasteiger partial charge in [-0.2, -0.15) is 0 Å². The van der Waals surface area contributed by atoms with Crippen LogP contribution in [0.1, 0.15) is 31.9 Å². The third-order valence-electron chi connectivity index (χ3n) is 3.20. The monoisotopic (exact) mass is 251 g/mol. The molecule has 5 nitrogen and oxygen atoms in total. The first-order valence-corrected chi connectivity index (χ1v) is 5.77. The molecule has 0 amide bonds. The van der Waals surface area contributed by atoms with E-state index >= 15 is 0 Å². The number of nitrogens with two attached hydrogens (primary N) is 1. The van der Waals surface area contributed by atoms with E-state index < -0.39 is 11.4 Å². The van der Waals surface area contributed by atoms with Crippen molar-refractivity contribution in [2.45, 2.75) is 26.3 Å². The third-order valence-corrected chi connectivity index (χ3v) is 3.20. The molecule has 1 unspecified atom stereocenters. The number of fused-ring (bicyclic) bond motifs is 1. The first kappa shape index (κ1) is 12.7. The van der Waals surface area contributed by atoms with Crippen molar-refractivity contribution in [1.29, 1.82) is 0 Å². The molecule has 1 aliphatic rings. The van der Waals surface area contributed by atoms with Crippen LogP contribution >= 0.6 is 0 Å². The van der Waals surface area contributed by atoms with E-state index in [-0.39, 0.29) is 19.3 Å². The predicted octanol–water partition coefficient (Wildman–Crippen LogP) is 1.92. The Bertz CT molecular complexity index is 470. The van der Waals surface area contributed by atoms with Crippen molar-refractivity contribution in [2.75, 3.05) is 6.79 Å². The van der Waals surface area contributed by atoms with Crippen molar-refractivity contribution in [1.82, 2.24) is 0 Å². The minimum absolute atomic E-state index is 0.0165. The molecule has 3 N–H and O–H groups in total. The number of ether oxygens (including phenoxy) is 2. The molecule has 0 saturated heterocycles. The summed E-state index contributed by atoms with van der Waals surface area (Å²) >= 11 is 0. The van der Waals surface area contributed by atoms with E-state index in [1.165, 1.54) is 0 Å². The molecule has 1 aromatic carbocycles. The Balaban J connectivity index is 2.23. The summed E-state index contributed by atoms with van der Waals surface area (Å²) in [6.07, 6.45) is 0.0165. The predicted molar refractivity (Wildman–Crippen MR) is 65.5 cm³/mol. The average Bonchev–Trinajstić information content (AvgIpc) is 2.72. The van der Waals surface area contributed by atoms with Crippen LogP contribution in [-0.4, -0.2) is 17.9 Å². The lowest BCUT2D eigenvalue weighted by Crippen LogP contribution is -2.31. The van der Waals surface area contributed by atoms with Gasteiger partial charge in [0.1, 0.15) is 0 Å². The lowest BCUT2D eigenvalue weighted by atomic mass is 9.78. The van der Waals surface area contributed by atoms with Gasteiger partial charge >= 0.3 is 5.97 Å². The second-order valence-electron chi connectivity index (χ2n) is 5.15. The van der Waals surface area contributed by atoms with E-state index in [9.17, 15) is 4.79 Å². The van der Waals surface area contributed by atoms with Crippen molar-refractivity contribution < 1.29 is 19.4 Å². The highest BCUT2D eigenvalue weighted by atomic mass is 16.7. The lowest BCUT2D eigenvalue weighted by molar-refractivity contribution is -0.139. The van der Waals surface area contributed by atoms with Crippen LogP contribution in [-0.2, 0) is 4.79 Å². The highest BCUT2D eigenvalue weighted by Crippen LogP contribution is 2.39. The highest BCUT2D eigenvalue weighted by molar-refractivity contribution is 5.67. The molecule has 0 aliphatic carbocycles. The molecule has 1 atom stereocenters. The molecule has 0 saturated carbocycles. The maximum absolute atomic E-state index is 10.8. The zero-order valence-corrected chi connectivity index (χ0v) is 10.5. The normalized spacial score (nSPS) is 15.5. The summed E-state index contributed by atoms with van der Waals surface area (Å²) in [5, 5.41) is 8.90. The van der Waals surface area contributed by atoms with Crippen LogP contribution in [0, 0.1) is 5.41 Å². The van der Waals surface area contributed by atoms with Crippen LogP contribution in [0.3, 0.4) is 0 Å². The minimum atomic E-state index is -0.851. The summed E-state index contributed by atoms with van der Waals surface area (Å²) in [6, 6.07) is 5.09. The number of rotatable bonds is 4. The minimum Gasteiger partial charge on any atom is -0.481 e. The second kappa shape index (κ2) is 4.49. The first-order chi connectivity index (χ1) is 8.40. The molecule has 5 heteroatoms. The Morgan fingerprint density at radius 1 is 1.44 bits per heavy atom. The van der Waals surface area contributed by atoms with Gasteiger partial charge < -0.3 is 20.3 Å². The van der Waals surface area contributed by atoms with Gasteiger partial charge in [0.2, 0.25) is 6.79 Å². The summed E-state index contributed by atoms with van der Waals surface area (Å²) in [7, 11) is 0. The maximum Gasteiger partial charge on any atom is 0.303 e. The fourth-order valence-corrected chi connectivity index (χ4v) is 2.06. The van der Waals surface area contributed by atoms with Gasteiger partial charge in [0.05, 0.1) is 6.42 Å². The van der Waals surface area contributed by atoms with Crippen LogP contribution in [0.25, 0.3) is 0 Å². The Morgan fingerprint density at radius 2 is 2.11 bits per heavy atom. The number of hydrogen-bond acceptors (Lipinski definition) is 4. The summed E-state index contributed by atoms with van der Waals surface area (Å²) in [5.74, 6) is 0.507. The Hall–Kier alpha value is -1.75. The number of carbonyl (C=O) groups is 1. The SMILES string of the molecule is CC(C)(CC(=O)O)C(N)c1ccc2c(c1)OCO2. The largest absolute Gasteiger partial charge is 0.481 e. The Kier molecular flexibility index (Phi) is 3.17. The molecular formula is C13H17NO4. The summed E-state index contributed by atoms with van der Waals surface area (Å²) in [4.78, 5) is 10.8. The van der Waals surface area contributed by atoms with Crippen molar-refractivity contribution in [3.63, 3.8) is 0 Å². The summed E-state index contributed by atoms with van der Waals surface area (Å²) < 4.78 is 10.5. The van der Waals surface area contributed by atoms with Gasteiger partial charge in [0, 0.05) is 6.04 Å². The molecule has 0 bridgehead atoms. The van der Waals surface area contributed by atoms with Gasteiger partial charge in [-0.25, -0.2) is 0 Å². The zero-order valence-electron chi connectivity index (χ0n) is 10.5. The zero-order chi connectivity index (χ0) is 13.3. The van der Waals surface area contributed by atoms with E-state index in [0.717, 1.165) is 5.56 Å². The molecule has 0 aromatic heterocycles. The number of benzene rings is 1. The van der Waals surface area contributed by atoms with Gasteiger partial charge in [-0.3, -0.25) is 4.79 Å². The first-order valence-electron chi connectivity index (χ1n) is 5.77. The Labute approximate surface area is 106 Å². The van der Waals surface area contributed by atoms with Crippen molar-refractivity contribution in [3.8, 4) is 11.5 Å². The van der Waals surface area contributed by atoms with E-state index in [4.69, 9.17) is 20.3 Å². The Morgan fingerprint density at radius 3 is 2.78 bits per heavy atom. The fraction of sp³-hybridized carbons (Fsp3) is 0.462. The van der Waals surface area contributed by atoms with Gasteiger partial charge in [0.15, 0.2) is 11.5 Å². The van der Waals surface area contributed by atoms with Gasteiger partial charge in [-0.15, -0.1) is 0 Å².